The molecule has 2 heterocycles. The molecule has 13 nitrogen and oxygen atoms in total. The van der Waals surface area contributed by atoms with E-state index in [9.17, 15) is 20.1 Å². The molecule has 344 valence electrons. The SMILES string of the molecule is C=CCO[C@@]12Oc3ccc(O)cc3[C@H]3[C@H](CCCCO)[C@@H](CCCCO)C=C(C(=NOCc4ccccc4)C[C@@H]1N(Cc1ccc4c(c1)OCO4)C(=O)OCCOCc1ccccc1)[C@H]32. The minimum atomic E-state index is -1.53. The molecule has 4 aromatic carbocycles. The molecule has 0 spiro atoms. The molecule has 8 rings (SSSR count). The fourth-order valence-electron chi connectivity index (χ4n) is 9.99. The highest BCUT2D eigenvalue weighted by atomic mass is 16.7. The standard InChI is InChI=1S/C52H60N2O11/c1-2-25-63-52-48(54(32-38-19-21-46-47(28-38)62-35-61-46)51(58)60-27-26-59-33-36-13-5-3-6-14-36)31-44(53-64-34-37-15-7-4-8-16-37)42-29-39(17-9-11-23-55)41(18-10-12-24-56)49(50(42)52)43-30-40(57)20-22-45(43)65-52/h2-8,13-16,19-22,28-30,39,41,48-50,55-57H,1,9-12,17-18,23-27,31-35H2/t39-,41+,48-,49+,50+,52+/m0/s1. The van der Waals surface area contributed by atoms with Crippen LogP contribution in [0.4, 0.5) is 4.79 Å². The number of rotatable bonds is 22. The monoisotopic (exact) mass is 888 g/mol. The number of fused-ring (bicyclic) bond motifs is 3. The van der Waals surface area contributed by atoms with E-state index in [4.69, 9.17) is 38.4 Å². The van der Waals surface area contributed by atoms with Crippen LogP contribution in [0.1, 0.15) is 73.1 Å². The minimum Gasteiger partial charge on any atom is -0.508 e. The molecule has 6 atom stereocenters. The summed E-state index contributed by atoms with van der Waals surface area (Å²) in [5, 5.41) is 35.9. The molecular formula is C52H60N2O11. The van der Waals surface area contributed by atoms with E-state index in [1.165, 1.54) is 0 Å². The summed E-state index contributed by atoms with van der Waals surface area (Å²) in [7, 11) is 0. The van der Waals surface area contributed by atoms with E-state index < -0.39 is 23.8 Å². The lowest BCUT2D eigenvalue weighted by Gasteiger charge is -2.59. The van der Waals surface area contributed by atoms with Crippen molar-refractivity contribution in [1.29, 1.82) is 0 Å². The number of aliphatic hydroxyl groups is 2. The molecular weight excluding hydrogens is 829 g/mol. The van der Waals surface area contributed by atoms with Crippen molar-refractivity contribution in [2.45, 2.75) is 82.5 Å². The van der Waals surface area contributed by atoms with Crippen LogP contribution in [-0.4, -0.2) is 83.7 Å². The van der Waals surface area contributed by atoms with Gasteiger partial charge in [0, 0.05) is 37.7 Å². The summed E-state index contributed by atoms with van der Waals surface area (Å²) < 4.78 is 37.9. The van der Waals surface area contributed by atoms with E-state index in [1.54, 1.807) is 29.2 Å². The van der Waals surface area contributed by atoms with Crippen molar-refractivity contribution >= 4 is 11.8 Å². The number of carbonyl (C=O) groups is 1. The number of hydrogen-bond donors (Lipinski definition) is 3. The molecule has 0 radical (unpaired) electrons. The number of ether oxygens (including phenoxy) is 6. The van der Waals surface area contributed by atoms with Gasteiger partial charge in [-0.1, -0.05) is 96.9 Å². The predicted molar refractivity (Wildman–Crippen MR) is 243 cm³/mol. The van der Waals surface area contributed by atoms with Crippen LogP contribution in [-0.2, 0) is 38.8 Å². The van der Waals surface area contributed by atoms with Gasteiger partial charge in [0.1, 0.15) is 30.8 Å². The van der Waals surface area contributed by atoms with Crippen molar-refractivity contribution in [2.24, 2.45) is 22.9 Å². The third-order valence-corrected chi connectivity index (χ3v) is 12.9. The number of hydrogen-bond acceptors (Lipinski definition) is 12. The summed E-state index contributed by atoms with van der Waals surface area (Å²) in [6.45, 7) is 5.19. The number of benzene rings is 4. The third-order valence-electron chi connectivity index (χ3n) is 12.9. The van der Waals surface area contributed by atoms with Crippen molar-refractivity contribution in [3.05, 3.63) is 144 Å². The molecule has 0 bridgehead atoms. The van der Waals surface area contributed by atoms with Gasteiger partial charge >= 0.3 is 6.09 Å². The first-order valence-corrected chi connectivity index (χ1v) is 22.8. The van der Waals surface area contributed by atoms with E-state index >= 15 is 0 Å². The number of carbonyl (C=O) groups excluding carboxylic acids is 1. The smallest absolute Gasteiger partial charge is 0.410 e. The maximum atomic E-state index is 15.0. The second-order valence-electron chi connectivity index (χ2n) is 17.0. The molecule has 2 aliphatic heterocycles. The first-order chi connectivity index (χ1) is 31.9. The number of allylic oxidation sites excluding steroid dienone is 1. The molecule has 1 amide bonds. The molecule has 1 fully saturated rings. The van der Waals surface area contributed by atoms with Gasteiger partial charge in [0.2, 0.25) is 12.6 Å². The highest BCUT2D eigenvalue weighted by molar-refractivity contribution is 6.03. The van der Waals surface area contributed by atoms with E-state index in [-0.39, 0.29) is 82.9 Å². The second-order valence-corrected chi connectivity index (χ2v) is 17.0. The van der Waals surface area contributed by atoms with Gasteiger partial charge in [-0.25, -0.2) is 4.79 Å². The minimum absolute atomic E-state index is 0.00795. The van der Waals surface area contributed by atoms with Gasteiger partial charge in [-0.15, -0.1) is 6.58 Å². The fraction of sp³-hybridized carbons (Fsp3) is 0.423. The third kappa shape index (κ3) is 10.5. The van der Waals surface area contributed by atoms with Crippen LogP contribution in [0.15, 0.2) is 127 Å². The Morgan fingerprint density at radius 3 is 2.31 bits per heavy atom. The normalized spacial score (nSPS) is 23.1. The summed E-state index contributed by atoms with van der Waals surface area (Å²) in [6.07, 6.45) is 7.92. The van der Waals surface area contributed by atoms with Crippen molar-refractivity contribution < 1.29 is 53.4 Å². The number of oxime groups is 1. The lowest BCUT2D eigenvalue weighted by molar-refractivity contribution is -0.256. The first-order valence-electron chi connectivity index (χ1n) is 22.8. The zero-order chi connectivity index (χ0) is 45.0. The van der Waals surface area contributed by atoms with Crippen molar-refractivity contribution in [1.82, 2.24) is 4.90 Å². The van der Waals surface area contributed by atoms with Gasteiger partial charge in [0.05, 0.1) is 31.5 Å². The number of amides is 1. The van der Waals surface area contributed by atoms with Crippen LogP contribution >= 0.6 is 0 Å². The van der Waals surface area contributed by atoms with Crippen LogP contribution in [0.5, 0.6) is 23.0 Å². The Bertz CT molecular complexity index is 2270. The summed E-state index contributed by atoms with van der Waals surface area (Å²) in [5.41, 5.74) is 5.06. The Morgan fingerprint density at radius 1 is 0.831 bits per heavy atom. The van der Waals surface area contributed by atoms with Gasteiger partial charge < -0.3 is 48.6 Å². The summed E-state index contributed by atoms with van der Waals surface area (Å²) in [6, 6.07) is 29.5. The van der Waals surface area contributed by atoms with Gasteiger partial charge in [0.25, 0.3) is 0 Å². The predicted octanol–water partition coefficient (Wildman–Crippen LogP) is 8.81. The molecule has 4 aromatic rings. The van der Waals surface area contributed by atoms with E-state index in [0.29, 0.717) is 42.4 Å². The number of nitrogens with zero attached hydrogens (tertiary/aromatic N) is 2. The van der Waals surface area contributed by atoms with Crippen LogP contribution < -0.4 is 14.2 Å². The van der Waals surface area contributed by atoms with Crippen LogP contribution in [0.25, 0.3) is 0 Å². The van der Waals surface area contributed by atoms with E-state index in [2.05, 4.69) is 12.7 Å². The molecule has 2 aliphatic carbocycles. The molecule has 0 aromatic heterocycles. The molecule has 13 heteroatoms. The molecule has 1 saturated carbocycles. The van der Waals surface area contributed by atoms with E-state index in [1.807, 2.05) is 78.9 Å². The number of phenolic OH excluding ortho intramolecular Hbond substituents is 1. The van der Waals surface area contributed by atoms with Gasteiger partial charge in [0.15, 0.2) is 11.5 Å². The van der Waals surface area contributed by atoms with Crippen molar-refractivity contribution in [3.8, 4) is 23.0 Å². The zero-order valence-electron chi connectivity index (χ0n) is 36.8. The fourth-order valence-corrected chi connectivity index (χ4v) is 9.99. The Kier molecular flexibility index (Phi) is 15.4. The Morgan fingerprint density at radius 2 is 1.55 bits per heavy atom. The second kappa shape index (κ2) is 21.9. The summed E-state index contributed by atoms with van der Waals surface area (Å²) in [5.74, 6) is -0.554. The molecule has 0 saturated heterocycles. The Balaban J connectivity index is 1.25. The molecule has 0 unspecified atom stereocenters. The zero-order valence-corrected chi connectivity index (χ0v) is 36.8. The van der Waals surface area contributed by atoms with Crippen LogP contribution in [0.3, 0.4) is 0 Å². The summed E-state index contributed by atoms with van der Waals surface area (Å²) in [4.78, 5) is 22.9. The van der Waals surface area contributed by atoms with Crippen LogP contribution in [0, 0.1) is 17.8 Å². The highest BCUT2D eigenvalue weighted by Crippen LogP contribution is 2.62. The molecule has 3 N–H and O–H groups in total. The maximum absolute atomic E-state index is 15.0. The first kappa shape index (κ1) is 45.7. The van der Waals surface area contributed by atoms with E-state index in [0.717, 1.165) is 53.5 Å². The van der Waals surface area contributed by atoms with Gasteiger partial charge in [-0.2, -0.15) is 0 Å². The van der Waals surface area contributed by atoms with Gasteiger partial charge in [-0.3, -0.25) is 4.90 Å². The number of aromatic hydroxyl groups is 1. The van der Waals surface area contributed by atoms with Crippen molar-refractivity contribution in [2.75, 3.05) is 39.8 Å². The Hall–Kier alpha value is -5.86. The average molecular weight is 889 g/mol. The molecule has 65 heavy (non-hydrogen) atoms. The largest absolute Gasteiger partial charge is 0.508 e. The maximum Gasteiger partial charge on any atom is 0.410 e. The topological polar surface area (TPSA) is 158 Å². The van der Waals surface area contributed by atoms with Gasteiger partial charge in [-0.05, 0) is 90.1 Å². The summed E-state index contributed by atoms with van der Waals surface area (Å²) >= 11 is 0. The Labute approximate surface area is 380 Å². The highest BCUT2D eigenvalue weighted by Gasteiger charge is 2.65. The van der Waals surface area contributed by atoms with Crippen molar-refractivity contribution in [3.63, 3.8) is 0 Å². The lowest BCUT2D eigenvalue weighted by Crippen LogP contribution is -2.70. The number of phenols is 1. The number of aliphatic hydroxyl groups excluding tert-OH is 2. The van der Waals surface area contributed by atoms with Crippen LogP contribution in [0.2, 0.25) is 0 Å². The quantitative estimate of drug-likeness (QED) is 0.0394. The molecule has 4 aliphatic rings. The lowest BCUT2D eigenvalue weighted by atomic mass is 9.55. The number of unbranched alkanes of at least 4 members (excludes halogenated alkanes) is 2. The average Bonchev–Trinajstić information content (AvgIpc) is 3.80.